The molecule has 1 rings (SSSR count). The van der Waals surface area contributed by atoms with E-state index in [1.165, 1.54) is 0 Å². The summed E-state index contributed by atoms with van der Waals surface area (Å²) >= 11 is 0. The van der Waals surface area contributed by atoms with Crippen molar-refractivity contribution in [2.24, 2.45) is 0 Å². The third kappa shape index (κ3) is 9.09. The number of hydrazine groups is 1. The molecule has 0 saturated carbocycles. The Hall–Kier alpha value is -1.81. The molecule has 0 aromatic heterocycles. The molecule has 0 fully saturated rings. The van der Waals surface area contributed by atoms with Gasteiger partial charge in [-0.2, -0.15) is 0 Å². The minimum Gasteiger partial charge on any atom is -0.379 e. The zero-order valence-corrected chi connectivity index (χ0v) is 16.2. The highest BCUT2D eigenvalue weighted by atomic mass is 16.5. The fourth-order valence-corrected chi connectivity index (χ4v) is 2.36. The van der Waals surface area contributed by atoms with Crippen LogP contribution in [0.2, 0.25) is 0 Å². The van der Waals surface area contributed by atoms with Crippen molar-refractivity contribution in [3.05, 3.63) is 12.2 Å². The lowest BCUT2D eigenvalue weighted by Gasteiger charge is -2.25. The Labute approximate surface area is 160 Å². The largest absolute Gasteiger partial charge is 0.379 e. The molecule has 1 aliphatic rings. The van der Waals surface area contributed by atoms with Crippen molar-refractivity contribution in [2.45, 2.75) is 39.2 Å². The Morgan fingerprint density at radius 2 is 1.63 bits per heavy atom. The standard InChI is InChI=1S/C18H31N3O6/c1-3-5-6-9-19-20-18(24)15(21-16(22)7-8-17(21)23)14-27-13-12-26-11-10-25-4-2/h7-8,15,19H,3-6,9-14H2,1-2H3,(H,20,24). The van der Waals surface area contributed by atoms with Gasteiger partial charge in [0.05, 0.1) is 33.0 Å². The van der Waals surface area contributed by atoms with Gasteiger partial charge in [0.1, 0.15) is 6.04 Å². The molecular formula is C18H31N3O6. The first-order valence-electron chi connectivity index (χ1n) is 9.43. The van der Waals surface area contributed by atoms with Gasteiger partial charge in [-0.05, 0) is 13.3 Å². The summed E-state index contributed by atoms with van der Waals surface area (Å²) in [5.41, 5.74) is 5.36. The maximum Gasteiger partial charge on any atom is 0.259 e. The maximum atomic E-state index is 12.4. The molecular weight excluding hydrogens is 354 g/mol. The molecule has 1 unspecified atom stereocenters. The van der Waals surface area contributed by atoms with Crippen molar-refractivity contribution in [2.75, 3.05) is 46.2 Å². The van der Waals surface area contributed by atoms with Crippen LogP contribution in [0.5, 0.6) is 0 Å². The van der Waals surface area contributed by atoms with Gasteiger partial charge >= 0.3 is 0 Å². The summed E-state index contributed by atoms with van der Waals surface area (Å²) in [4.78, 5) is 37.1. The highest BCUT2D eigenvalue weighted by molar-refractivity contribution is 6.15. The van der Waals surface area contributed by atoms with Crippen molar-refractivity contribution >= 4 is 17.7 Å². The number of hydrogen-bond acceptors (Lipinski definition) is 7. The van der Waals surface area contributed by atoms with Gasteiger partial charge in [0.15, 0.2) is 0 Å². The maximum absolute atomic E-state index is 12.4. The summed E-state index contributed by atoms with van der Waals surface area (Å²) in [5, 5.41) is 0. The van der Waals surface area contributed by atoms with E-state index in [9.17, 15) is 14.4 Å². The number of unbranched alkanes of at least 4 members (excludes halogenated alkanes) is 2. The van der Waals surface area contributed by atoms with Crippen molar-refractivity contribution < 1.29 is 28.6 Å². The average Bonchev–Trinajstić information content (AvgIpc) is 2.99. The lowest BCUT2D eigenvalue weighted by atomic mass is 10.2. The molecule has 0 bridgehead atoms. The van der Waals surface area contributed by atoms with Gasteiger partial charge in [-0.1, -0.05) is 19.8 Å². The van der Waals surface area contributed by atoms with Gasteiger partial charge < -0.3 is 14.2 Å². The van der Waals surface area contributed by atoms with E-state index in [0.29, 0.717) is 33.0 Å². The van der Waals surface area contributed by atoms with E-state index in [1.54, 1.807) is 0 Å². The molecule has 27 heavy (non-hydrogen) atoms. The number of ether oxygens (including phenoxy) is 3. The summed E-state index contributed by atoms with van der Waals surface area (Å²) in [5.74, 6) is -1.54. The predicted molar refractivity (Wildman–Crippen MR) is 98.6 cm³/mol. The monoisotopic (exact) mass is 385 g/mol. The fourth-order valence-electron chi connectivity index (χ4n) is 2.36. The van der Waals surface area contributed by atoms with Gasteiger partial charge in [0.2, 0.25) is 0 Å². The van der Waals surface area contributed by atoms with E-state index in [4.69, 9.17) is 14.2 Å². The van der Waals surface area contributed by atoms with Crippen LogP contribution in [0.25, 0.3) is 0 Å². The summed E-state index contributed by atoms with van der Waals surface area (Å²) in [7, 11) is 0. The number of nitrogens with one attached hydrogen (secondary N) is 2. The van der Waals surface area contributed by atoms with Gasteiger partial charge in [0, 0.05) is 25.3 Å². The van der Waals surface area contributed by atoms with Crippen LogP contribution in [0.4, 0.5) is 0 Å². The van der Waals surface area contributed by atoms with Crippen LogP contribution in [0.3, 0.4) is 0 Å². The van der Waals surface area contributed by atoms with Gasteiger partial charge in [0.25, 0.3) is 17.7 Å². The van der Waals surface area contributed by atoms with E-state index < -0.39 is 23.8 Å². The van der Waals surface area contributed by atoms with Crippen LogP contribution < -0.4 is 10.9 Å². The van der Waals surface area contributed by atoms with E-state index in [1.807, 2.05) is 6.92 Å². The Morgan fingerprint density at radius 3 is 2.26 bits per heavy atom. The molecule has 0 aliphatic carbocycles. The van der Waals surface area contributed by atoms with Crippen LogP contribution in [0, 0.1) is 0 Å². The average molecular weight is 385 g/mol. The number of nitrogens with zero attached hydrogens (tertiary/aromatic N) is 1. The second-order valence-electron chi connectivity index (χ2n) is 5.90. The minimum absolute atomic E-state index is 0.101. The summed E-state index contributed by atoms with van der Waals surface area (Å²) in [6, 6.07) is -1.04. The van der Waals surface area contributed by atoms with Crippen molar-refractivity contribution in [1.82, 2.24) is 15.8 Å². The quantitative estimate of drug-likeness (QED) is 0.221. The predicted octanol–water partition coefficient (Wildman–Crippen LogP) is 0.161. The van der Waals surface area contributed by atoms with Gasteiger partial charge in [-0.3, -0.25) is 24.7 Å². The number of carbonyl (C=O) groups is 3. The molecule has 1 aliphatic heterocycles. The Balaban J connectivity index is 2.41. The van der Waals surface area contributed by atoms with E-state index in [2.05, 4.69) is 17.8 Å². The zero-order chi connectivity index (χ0) is 19.9. The number of amides is 3. The van der Waals surface area contributed by atoms with Crippen molar-refractivity contribution in [1.29, 1.82) is 0 Å². The molecule has 154 valence electrons. The number of imide groups is 1. The van der Waals surface area contributed by atoms with Crippen LogP contribution in [-0.2, 0) is 28.6 Å². The first-order chi connectivity index (χ1) is 13.1. The normalized spacial score (nSPS) is 14.8. The van der Waals surface area contributed by atoms with E-state index >= 15 is 0 Å². The molecule has 0 aromatic rings. The minimum atomic E-state index is -1.04. The first kappa shape index (κ1) is 23.2. The fraction of sp³-hybridized carbons (Fsp3) is 0.722. The van der Waals surface area contributed by atoms with Crippen molar-refractivity contribution in [3.8, 4) is 0 Å². The Bertz CT molecular complexity index is 479. The zero-order valence-electron chi connectivity index (χ0n) is 16.2. The van der Waals surface area contributed by atoms with E-state index in [0.717, 1.165) is 36.3 Å². The smallest absolute Gasteiger partial charge is 0.259 e. The third-order valence-electron chi connectivity index (χ3n) is 3.80. The van der Waals surface area contributed by atoms with Gasteiger partial charge in [-0.15, -0.1) is 0 Å². The van der Waals surface area contributed by atoms with Crippen molar-refractivity contribution in [3.63, 3.8) is 0 Å². The molecule has 0 saturated heterocycles. The molecule has 1 heterocycles. The van der Waals surface area contributed by atoms with Gasteiger partial charge in [-0.25, -0.2) is 5.43 Å². The Kier molecular flexibility index (Phi) is 12.3. The molecule has 3 amide bonds. The van der Waals surface area contributed by atoms with Crippen LogP contribution >= 0.6 is 0 Å². The highest BCUT2D eigenvalue weighted by Crippen LogP contribution is 2.10. The summed E-state index contributed by atoms with van der Waals surface area (Å²) < 4.78 is 15.9. The highest BCUT2D eigenvalue weighted by Gasteiger charge is 2.36. The Morgan fingerprint density at radius 1 is 1.00 bits per heavy atom. The second-order valence-corrected chi connectivity index (χ2v) is 5.90. The molecule has 1 atom stereocenters. The molecule has 0 spiro atoms. The topological polar surface area (TPSA) is 106 Å². The SMILES string of the molecule is CCCCCNNC(=O)C(COCCOCCOCC)N1C(=O)C=CC1=O. The number of hydrogen-bond donors (Lipinski definition) is 2. The second kappa shape index (κ2) is 14.3. The summed E-state index contributed by atoms with van der Waals surface area (Å²) in [6.45, 7) is 6.67. The van der Waals surface area contributed by atoms with Crippen LogP contribution in [-0.4, -0.2) is 74.8 Å². The number of carbonyl (C=O) groups excluding carboxylic acids is 3. The molecule has 2 N–H and O–H groups in total. The third-order valence-corrected chi connectivity index (χ3v) is 3.80. The molecule has 9 heteroatoms. The molecule has 9 nitrogen and oxygen atoms in total. The molecule has 0 aromatic carbocycles. The van der Waals surface area contributed by atoms with E-state index in [-0.39, 0.29) is 13.2 Å². The van der Waals surface area contributed by atoms with Crippen LogP contribution in [0.1, 0.15) is 33.1 Å². The number of rotatable bonds is 16. The summed E-state index contributed by atoms with van der Waals surface area (Å²) in [6.07, 6.45) is 5.33. The first-order valence-corrected chi connectivity index (χ1v) is 9.43. The lowest BCUT2D eigenvalue weighted by Crippen LogP contribution is -2.55. The van der Waals surface area contributed by atoms with Crippen LogP contribution in [0.15, 0.2) is 12.2 Å². The lowest BCUT2D eigenvalue weighted by molar-refractivity contribution is -0.148. The molecule has 0 radical (unpaired) electrons.